The highest BCUT2D eigenvalue weighted by Gasteiger charge is 2.12. The second-order valence-corrected chi connectivity index (χ2v) is 2.73. The maximum absolute atomic E-state index is 8.44. The molecule has 1 heterocycles. The Morgan fingerprint density at radius 3 is 2.30 bits per heavy atom. The van der Waals surface area contributed by atoms with Crippen LogP contribution in [0.3, 0.4) is 0 Å². The van der Waals surface area contributed by atoms with Crippen molar-refractivity contribution in [1.29, 1.82) is 0 Å². The molecule has 1 fully saturated rings. The Morgan fingerprint density at radius 2 is 2.10 bits per heavy atom. The van der Waals surface area contributed by atoms with Gasteiger partial charge in [0.25, 0.3) is 0 Å². The number of rotatable bonds is 1. The number of hydrogen-bond acceptors (Lipinski definition) is 2. The zero-order valence-corrected chi connectivity index (χ0v) is 7.24. The van der Waals surface area contributed by atoms with Crippen molar-refractivity contribution in [1.82, 2.24) is 0 Å². The lowest BCUT2D eigenvalue weighted by Gasteiger charge is -2.00. The highest BCUT2D eigenvalue weighted by Crippen LogP contribution is 2.09. The molecule has 1 aliphatic heterocycles. The lowest BCUT2D eigenvalue weighted by molar-refractivity contribution is 0.0591. The summed E-state index contributed by atoms with van der Waals surface area (Å²) in [5.74, 6) is 0. The van der Waals surface area contributed by atoms with E-state index in [0.717, 1.165) is 19.4 Å². The fourth-order valence-corrected chi connectivity index (χ4v) is 0.788. The van der Waals surface area contributed by atoms with Gasteiger partial charge in [0.15, 0.2) is 0 Å². The van der Waals surface area contributed by atoms with Crippen molar-refractivity contribution < 1.29 is 9.84 Å². The molecule has 1 rings (SSSR count). The van der Waals surface area contributed by atoms with Gasteiger partial charge in [-0.15, -0.1) is 23.2 Å². The van der Waals surface area contributed by atoms with Crippen LogP contribution in [0.5, 0.6) is 0 Å². The molecule has 0 aromatic carbocycles. The largest absolute Gasteiger partial charge is 0.394 e. The van der Waals surface area contributed by atoms with Crippen molar-refractivity contribution in [2.75, 3.05) is 18.6 Å². The molecule has 10 heavy (non-hydrogen) atoms. The van der Waals surface area contributed by atoms with E-state index in [1.165, 1.54) is 0 Å². The molecule has 0 bridgehead atoms. The van der Waals surface area contributed by atoms with Crippen LogP contribution < -0.4 is 0 Å². The normalized spacial score (nSPS) is 23.7. The number of hydrogen-bond donors (Lipinski definition) is 1. The fraction of sp³-hybridized carbons (Fsp3) is 1.00. The fourth-order valence-electron chi connectivity index (χ4n) is 0.788. The Hall–Kier alpha value is 0.500. The molecule has 4 heteroatoms. The number of aliphatic hydroxyl groups excluding tert-OH is 1. The van der Waals surface area contributed by atoms with Crippen molar-refractivity contribution >= 4 is 23.2 Å². The molecule has 0 radical (unpaired) electrons. The van der Waals surface area contributed by atoms with Gasteiger partial charge in [0.2, 0.25) is 0 Å². The molecule has 1 aliphatic rings. The third-order valence-electron chi connectivity index (χ3n) is 1.23. The molecule has 0 aliphatic carbocycles. The molecule has 1 N–H and O–H groups in total. The van der Waals surface area contributed by atoms with Crippen LogP contribution >= 0.6 is 23.2 Å². The number of halogens is 2. The van der Waals surface area contributed by atoms with Gasteiger partial charge in [-0.3, -0.25) is 0 Å². The van der Waals surface area contributed by atoms with Crippen LogP contribution in [0.2, 0.25) is 0 Å². The first kappa shape index (κ1) is 10.5. The van der Waals surface area contributed by atoms with Gasteiger partial charge < -0.3 is 9.84 Å². The highest BCUT2D eigenvalue weighted by molar-refractivity contribution is 6.40. The van der Waals surface area contributed by atoms with E-state index in [4.69, 9.17) is 33.0 Å². The molecule has 0 amide bonds. The molecular weight excluding hydrogens is 175 g/mol. The summed E-state index contributed by atoms with van der Waals surface area (Å²) in [7, 11) is 0. The van der Waals surface area contributed by atoms with Crippen molar-refractivity contribution in [3.63, 3.8) is 0 Å². The summed E-state index contributed by atoms with van der Waals surface area (Å²) >= 11 is 9.53. The quantitative estimate of drug-likeness (QED) is 0.631. The van der Waals surface area contributed by atoms with Gasteiger partial charge in [-0.25, -0.2) is 0 Å². The first-order valence-electron chi connectivity index (χ1n) is 3.19. The monoisotopic (exact) mass is 186 g/mol. The highest BCUT2D eigenvalue weighted by atomic mass is 35.5. The molecule has 0 aromatic rings. The Labute approximate surface area is 71.1 Å². The standard InChI is InChI=1S/C5H10O2.CH2Cl2/c6-4-5-2-1-3-7-5;2-1-3/h5-6H,1-4H2;1H2. The minimum absolute atomic E-state index is 0.153. The Balaban J connectivity index is 0.000000236. The summed E-state index contributed by atoms with van der Waals surface area (Å²) in [6.45, 7) is 1.03. The second kappa shape index (κ2) is 7.61. The number of aliphatic hydroxyl groups is 1. The number of ether oxygens (including phenoxy) is 1. The first-order chi connectivity index (χ1) is 4.85. The lowest BCUT2D eigenvalue weighted by Crippen LogP contribution is -2.09. The van der Waals surface area contributed by atoms with E-state index in [1.807, 2.05) is 0 Å². The van der Waals surface area contributed by atoms with E-state index in [9.17, 15) is 0 Å². The van der Waals surface area contributed by atoms with Crippen molar-refractivity contribution in [3.8, 4) is 0 Å². The number of alkyl halides is 2. The third kappa shape index (κ3) is 5.30. The minimum Gasteiger partial charge on any atom is -0.394 e. The summed E-state index contributed by atoms with van der Waals surface area (Å²) < 4.78 is 5.05. The molecule has 1 atom stereocenters. The van der Waals surface area contributed by atoms with Gasteiger partial charge in [-0.05, 0) is 12.8 Å². The van der Waals surface area contributed by atoms with Crippen molar-refractivity contribution in [2.45, 2.75) is 18.9 Å². The van der Waals surface area contributed by atoms with Crippen LogP contribution in [0.25, 0.3) is 0 Å². The summed E-state index contributed by atoms with van der Waals surface area (Å²) in [5, 5.41) is 8.64. The van der Waals surface area contributed by atoms with Crippen LogP contribution in [0.15, 0.2) is 0 Å². The molecule has 0 saturated carbocycles. The summed E-state index contributed by atoms with van der Waals surface area (Å²) in [6, 6.07) is 0. The van der Waals surface area contributed by atoms with Gasteiger partial charge in [0.05, 0.1) is 18.1 Å². The predicted octanol–water partition coefficient (Wildman–Crippen LogP) is 1.58. The van der Waals surface area contributed by atoms with E-state index in [-0.39, 0.29) is 18.1 Å². The van der Waals surface area contributed by atoms with Crippen LogP contribution in [0.4, 0.5) is 0 Å². The van der Waals surface area contributed by atoms with Crippen LogP contribution in [-0.4, -0.2) is 29.8 Å². The Morgan fingerprint density at radius 1 is 1.50 bits per heavy atom. The molecule has 1 unspecified atom stereocenters. The Bertz CT molecular complexity index is 64.8. The zero-order chi connectivity index (χ0) is 7.82. The van der Waals surface area contributed by atoms with Gasteiger partial charge in [0.1, 0.15) is 0 Å². The SMILES string of the molecule is ClCCl.OCC1CCCO1. The maximum atomic E-state index is 8.44. The average Bonchev–Trinajstić information content (AvgIpc) is 2.39. The summed E-state index contributed by atoms with van der Waals surface area (Å²) in [4.78, 5) is 0. The topological polar surface area (TPSA) is 29.5 Å². The molecule has 62 valence electrons. The maximum Gasteiger partial charge on any atom is 0.0967 e. The van der Waals surface area contributed by atoms with Crippen LogP contribution in [0.1, 0.15) is 12.8 Å². The van der Waals surface area contributed by atoms with Crippen molar-refractivity contribution in [2.24, 2.45) is 0 Å². The molecule has 0 aromatic heterocycles. The summed E-state index contributed by atoms with van der Waals surface area (Å²) in [6.07, 6.45) is 2.31. The minimum atomic E-state index is 0.153. The van der Waals surface area contributed by atoms with Gasteiger partial charge in [-0.1, -0.05) is 0 Å². The summed E-state index contributed by atoms with van der Waals surface area (Å²) in [5.41, 5.74) is 0. The van der Waals surface area contributed by atoms with Crippen LogP contribution in [-0.2, 0) is 4.74 Å². The van der Waals surface area contributed by atoms with Gasteiger partial charge >= 0.3 is 0 Å². The van der Waals surface area contributed by atoms with E-state index in [2.05, 4.69) is 0 Å². The third-order valence-corrected chi connectivity index (χ3v) is 1.23. The van der Waals surface area contributed by atoms with Crippen molar-refractivity contribution in [3.05, 3.63) is 0 Å². The Kier molecular flexibility index (Phi) is 7.99. The predicted molar refractivity (Wildman–Crippen MR) is 42.6 cm³/mol. The smallest absolute Gasteiger partial charge is 0.0967 e. The lowest BCUT2D eigenvalue weighted by atomic mass is 10.2. The molecule has 0 spiro atoms. The van der Waals surface area contributed by atoms with E-state index < -0.39 is 0 Å². The first-order valence-corrected chi connectivity index (χ1v) is 4.26. The van der Waals surface area contributed by atoms with Crippen LogP contribution in [0, 0.1) is 0 Å². The zero-order valence-electron chi connectivity index (χ0n) is 5.72. The van der Waals surface area contributed by atoms with E-state index in [0.29, 0.717) is 0 Å². The van der Waals surface area contributed by atoms with Gasteiger partial charge in [-0.2, -0.15) is 0 Å². The second-order valence-electron chi connectivity index (χ2n) is 1.92. The van der Waals surface area contributed by atoms with E-state index in [1.54, 1.807) is 0 Å². The average molecular weight is 187 g/mol. The molecule has 1 saturated heterocycles. The van der Waals surface area contributed by atoms with Gasteiger partial charge in [0, 0.05) is 6.61 Å². The molecule has 2 nitrogen and oxygen atoms in total. The van der Waals surface area contributed by atoms with E-state index >= 15 is 0 Å². The molecular formula is C6H12Cl2O2.